The van der Waals surface area contributed by atoms with Gasteiger partial charge in [0.15, 0.2) is 0 Å². The topological polar surface area (TPSA) is 100 Å². The highest BCUT2D eigenvalue weighted by Crippen LogP contribution is 2.10. The third kappa shape index (κ3) is 18.6. The monoisotopic (exact) mass is 405 g/mol. The van der Waals surface area contributed by atoms with E-state index >= 15 is 0 Å². The van der Waals surface area contributed by atoms with E-state index in [1.54, 1.807) is 0 Å². The van der Waals surface area contributed by atoms with Gasteiger partial charge in [-0.05, 0) is 20.3 Å². The van der Waals surface area contributed by atoms with E-state index in [4.69, 9.17) is 24.7 Å². The van der Waals surface area contributed by atoms with Crippen LogP contribution in [0.1, 0.15) is 72.1 Å². The van der Waals surface area contributed by atoms with Gasteiger partial charge >= 0.3 is 5.97 Å². The first-order valence-corrected chi connectivity index (χ1v) is 10.8. The van der Waals surface area contributed by atoms with Crippen molar-refractivity contribution in [2.45, 2.75) is 90.4 Å². The lowest BCUT2D eigenvalue weighted by atomic mass is 10.1. The second-order valence-corrected chi connectivity index (χ2v) is 7.36. The van der Waals surface area contributed by atoms with Gasteiger partial charge in [0.25, 0.3) is 0 Å². The van der Waals surface area contributed by atoms with Crippen molar-refractivity contribution in [1.82, 2.24) is 0 Å². The molecule has 0 spiro atoms. The molecule has 0 aliphatic carbocycles. The van der Waals surface area contributed by atoms with Crippen molar-refractivity contribution in [3.63, 3.8) is 0 Å². The van der Waals surface area contributed by atoms with Gasteiger partial charge in [0.05, 0.1) is 51.2 Å². The molecule has 0 aliphatic rings. The lowest BCUT2D eigenvalue weighted by Crippen LogP contribution is -2.31. The van der Waals surface area contributed by atoms with Gasteiger partial charge in [-0.25, -0.2) is 0 Å². The van der Waals surface area contributed by atoms with Crippen LogP contribution in [0.25, 0.3) is 0 Å². The summed E-state index contributed by atoms with van der Waals surface area (Å²) in [5, 5.41) is 9.88. The Hall–Kier alpha value is -0.730. The van der Waals surface area contributed by atoms with Crippen LogP contribution < -0.4 is 5.73 Å². The Morgan fingerprint density at radius 3 is 2.32 bits per heavy atom. The highest BCUT2D eigenvalue weighted by atomic mass is 16.6. The first-order chi connectivity index (χ1) is 13.5. The van der Waals surface area contributed by atoms with Crippen molar-refractivity contribution in [3.05, 3.63) is 0 Å². The van der Waals surface area contributed by atoms with Crippen LogP contribution in [0, 0.1) is 0 Å². The summed E-state index contributed by atoms with van der Waals surface area (Å²) in [4.78, 5) is 11.7. The number of unbranched alkanes of at least 4 members (excludes halogenated alkanes) is 5. The lowest BCUT2D eigenvalue weighted by molar-refractivity contribution is -0.147. The molecule has 28 heavy (non-hydrogen) atoms. The maximum atomic E-state index is 11.7. The maximum absolute atomic E-state index is 11.7. The third-order valence-corrected chi connectivity index (χ3v) is 4.24. The standard InChI is InChI=1S/C21H43NO6/c1-4-5-6-7-8-9-10-19(23)15-21(24)27-14-12-25-11-13-26-20(16-22)17-28-18(2)3/h18-20,23H,4-17,22H2,1-3H3. The molecule has 7 heteroatoms. The summed E-state index contributed by atoms with van der Waals surface area (Å²) in [6.45, 7) is 8.27. The van der Waals surface area contributed by atoms with Gasteiger partial charge in [0.1, 0.15) is 6.61 Å². The van der Waals surface area contributed by atoms with Gasteiger partial charge in [-0.3, -0.25) is 4.79 Å². The number of ether oxygens (including phenoxy) is 4. The van der Waals surface area contributed by atoms with Crippen LogP contribution in [0.5, 0.6) is 0 Å². The van der Waals surface area contributed by atoms with E-state index in [2.05, 4.69) is 6.92 Å². The predicted octanol–water partition coefficient (Wildman–Crippen LogP) is 2.82. The van der Waals surface area contributed by atoms with Gasteiger partial charge in [-0.15, -0.1) is 0 Å². The molecule has 0 saturated heterocycles. The summed E-state index contributed by atoms with van der Waals surface area (Å²) in [5.41, 5.74) is 5.63. The van der Waals surface area contributed by atoms with Crippen LogP contribution in [0.3, 0.4) is 0 Å². The molecule has 0 rings (SSSR count). The maximum Gasteiger partial charge on any atom is 0.308 e. The molecule has 0 aromatic carbocycles. The summed E-state index contributed by atoms with van der Waals surface area (Å²) < 4.78 is 21.5. The van der Waals surface area contributed by atoms with Gasteiger partial charge < -0.3 is 29.8 Å². The van der Waals surface area contributed by atoms with Crippen LogP contribution in [0.2, 0.25) is 0 Å². The van der Waals surface area contributed by atoms with E-state index in [1.807, 2.05) is 13.8 Å². The molecular formula is C21H43NO6. The van der Waals surface area contributed by atoms with Crippen molar-refractivity contribution in [2.75, 3.05) is 39.6 Å². The molecule has 0 saturated carbocycles. The molecule has 0 bridgehead atoms. The van der Waals surface area contributed by atoms with E-state index in [9.17, 15) is 9.90 Å². The fourth-order valence-electron chi connectivity index (χ4n) is 2.59. The molecule has 2 unspecified atom stereocenters. The zero-order valence-electron chi connectivity index (χ0n) is 18.2. The first-order valence-electron chi connectivity index (χ1n) is 10.8. The molecule has 0 aromatic heterocycles. The number of hydrogen-bond donors (Lipinski definition) is 2. The van der Waals surface area contributed by atoms with Crippen molar-refractivity contribution >= 4 is 5.97 Å². The van der Waals surface area contributed by atoms with Crippen molar-refractivity contribution < 1.29 is 28.8 Å². The molecule has 2 atom stereocenters. The van der Waals surface area contributed by atoms with Crippen LogP contribution in [-0.4, -0.2) is 69.0 Å². The molecule has 168 valence electrons. The van der Waals surface area contributed by atoms with Gasteiger partial charge in [-0.1, -0.05) is 45.4 Å². The molecule has 0 amide bonds. The first kappa shape index (κ1) is 27.3. The van der Waals surface area contributed by atoms with E-state index in [0.717, 1.165) is 12.8 Å². The molecule has 0 radical (unpaired) electrons. The lowest BCUT2D eigenvalue weighted by Gasteiger charge is -2.17. The number of aliphatic hydroxyl groups excluding tert-OH is 1. The van der Waals surface area contributed by atoms with E-state index in [1.165, 1.54) is 25.7 Å². The summed E-state index contributed by atoms with van der Waals surface area (Å²) in [7, 11) is 0. The molecule has 3 N–H and O–H groups in total. The molecule has 0 heterocycles. The Labute approximate surface area is 171 Å². The van der Waals surface area contributed by atoms with Crippen molar-refractivity contribution in [3.8, 4) is 0 Å². The van der Waals surface area contributed by atoms with E-state index < -0.39 is 6.10 Å². The molecule has 0 fully saturated rings. The Kier molecular flexibility index (Phi) is 19.1. The number of esters is 1. The van der Waals surface area contributed by atoms with Gasteiger partial charge in [0.2, 0.25) is 0 Å². The van der Waals surface area contributed by atoms with Crippen LogP contribution in [-0.2, 0) is 23.7 Å². The van der Waals surface area contributed by atoms with Crippen LogP contribution in [0.4, 0.5) is 0 Å². The average molecular weight is 406 g/mol. The molecule has 0 aromatic rings. The number of aliphatic hydroxyl groups is 1. The minimum absolute atomic E-state index is 0.0477. The summed E-state index contributed by atoms with van der Waals surface area (Å²) in [6.07, 6.45) is 7.09. The Bertz CT molecular complexity index is 354. The second kappa shape index (κ2) is 19.6. The number of carbonyl (C=O) groups excluding carboxylic acids is 1. The number of carbonyl (C=O) groups is 1. The van der Waals surface area contributed by atoms with E-state index in [0.29, 0.717) is 39.4 Å². The van der Waals surface area contributed by atoms with E-state index in [-0.39, 0.29) is 31.2 Å². The highest BCUT2D eigenvalue weighted by Gasteiger charge is 2.12. The fourth-order valence-corrected chi connectivity index (χ4v) is 2.59. The van der Waals surface area contributed by atoms with Crippen molar-refractivity contribution in [2.24, 2.45) is 5.73 Å². The SMILES string of the molecule is CCCCCCCCC(O)CC(=O)OCCOCCOC(CN)COC(C)C. The Morgan fingerprint density at radius 1 is 0.964 bits per heavy atom. The summed E-state index contributed by atoms with van der Waals surface area (Å²) in [6, 6.07) is 0. The minimum atomic E-state index is -0.616. The third-order valence-electron chi connectivity index (χ3n) is 4.24. The quantitative estimate of drug-likeness (QED) is 0.237. The van der Waals surface area contributed by atoms with Crippen LogP contribution in [0.15, 0.2) is 0 Å². The Balaban J connectivity index is 3.51. The predicted molar refractivity (Wildman–Crippen MR) is 110 cm³/mol. The van der Waals surface area contributed by atoms with Crippen molar-refractivity contribution in [1.29, 1.82) is 0 Å². The summed E-state index contributed by atoms with van der Waals surface area (Å²) >= 11 is 0. The zero-order chi connectivity index (χ0) is 21.0. The van der Waals surface area contributed by atoms with Crippen LogP contribution >= 0.6 is 0 Å². The normalized spacial score (nSPS) is 13.6. The number of nitrogens with two attached hydrogens (primary N) is 1. The zero-order valence-corrected chi connectivity index (χ0v) is 18.2. The summed E-state index contributed by atoms with van der Waals surface area (Å²) in [5.74, 6) is -0.382. The largest absolute Gasteiger partial charge is 0.463 e. The minimum Gasteiger partial charge on any atom is -0.463 e. The smallest absolute Gasteiger partial charge is 0.308 e. The van der Waals surface area contributed by atoms with Gasteiger partial charge in [-0.2, -0.15) is 0 Å². The fraction of sp³-hybridized carbons (Fsp3) is 0.952. The Morgan fingerprint density at radius 2 is 1.64 bits per heavy atom. The van der Waals surface area contributed by atoms with Gasteiger partial charge in [0, 0.05) is 6.54 Å². The molecular weight excluding hydrogens is 362 g/mol. The highest BCUT2D eigenvalue weighted by molar-refractivity contribution is 5.69. The average Bonchev–Trinajstić information content (AvgIpc) is 2.65. The second-order valence-electron chi connectivity index (χ2n) is 7.36. The number of hydrogen-bond acceptors (Lipinski definition) is 7. The molecule has 0 aliphatic heterocycles. The molecule has 7 nitrogen and oxygen atoms in total. The number of rotatable bonds is 20.